The van der Waals surface area contributed by atoms with Crippen molar-refractivity contribution in [3.63, 3.8) is 0 Å². The van der Waals surface area contributed by atoms with Gasteiger partial charge in [-0.1, -0.05) is 24.3 Å². The summed E-state index contributed by atoms with van der Waals surface area (Å²) in [6.45, 7) is 5.45. The number of hydrogen-bond donors (Lipinski definition) is 0. The zero-order valence-corrected chi connectivity index (χ0v) is 18.4. The van der Waals surface area contributed by atoms with Crippen LogP contribution in [-0.2, 0) is 12.7 Å². The second-order valence-electron chi connectivity index (χ2n) is 7.45. The van der Waals surface area contributed by atoms with Gasteiger partial charge in [-0.3, -0.25) is 14.2 Å². The van der Waals surface area contributed by atoms with Gasteiger partial charge in [0.25, 0.3) is 11.5 Å². The van der Waals surface area contributed by atoms with Crippen LogP contribution in [0.2, 0.25) is 0 Å². The molecular formula is C23H23F3N4O3. The maximum absolute atomic E-state index is 13.2. The van der Waals surface area contributed by atoms with Gasteiger partial charge in [-0.2, -0.15) is 23.0 Å². The molecule has 0 saturated heterocycles. The van der Waals surface area contributed by atoms with E-state index in [1.807, 2.05) is 0 Å². The van der Waals surface area contributed by atoms with Crippen molar-refractivity contribution in [3.05, 3.63) is 91.8 Å². The lowest BCUT2D eigenvalue weighted by Crippen LogP contribution is -2.46. The number of aromatic nitrogens is 3. The largest absolute Gasteiger partial charge is 0.416 e. The molecule has 0 fully saturated rings. The Hall–Kier alpha value is -3.69. The molecule has 7 nitrogen and oxygen atoms in total. The first-order valence-corrected chi connectivity index (χ1v) is 10.3. The molecule has 3 rings (SSSR count). The van der Waals surface area contributed by atoms with Crippen LogP contribution in [0.1, 0.15) is 41.0 Å². The molecule has 1 aromatic heterocycles. The first-order chi connectivity index (χ1) is 15.6. The van der Waals surface area contributed by atoms with E-state index in [1.165, 1.54) is 17.0 Å². The summed E-state index contributed by atoms with van der Waals surface area (Å²) in [5.74, 6) is -0.663. The third kappa shape index (κ3) is 5.05. The van der Waals surface area contributed by atoms with E-state index in [4.69, 9.17) is 0 Å². The molecule has 0 radical (unpaired) electrons. The number of halogens is 3. The fourth-order valence-electron chi connectivity index (χ4n) is 3.41. The lowest BCUT2D eigenvalue weighted by atomic mass is 10.1. The van der Waals surface area contributed by atoms with Crippen LogP contribution in [0.4, 0.5) is 13.2 Å². The molecule has 174 valence electrons. The SMILES string of the molecule is CCN(CC)C(=O)c1nn(-c2cccc(C)c2)c(=O)n(Cc2cccc(C(F)(F)F)c2)c1=O. The van der Waals surface area contributed by atoms with E-state index in [2.05, 4.69) is 5.10 Å². The van der Waals surface area contributed by atoms with Crippen molar-refractivity contribution in [1.82, 2.24) is 19.2 Å². The quantitative estimate of drug-likeness (QED) is 0.566. The van der Waals surface area contributed by atoms with E-state index in [0.717, 1.165) is 26.9 Å². The highest BCUT2D eigenvalue weighted by Crippen LogP contribution is 2.29. The molecule has 10 heteroatoms. The van der Waals surface area contributed by atoms with Gasteiger partial charge >= 0.3 is 11.9 Å². The first kappa shape index (κ1) is 24.0. The lowest BCUT2D eigenvalue weighted by molar-refractivity contribution is -0.137. The van der Waals surface area contributed by atoms with Crippen molar-refractivity contribution >= 4 is 5.91 Å². The molecule has 0 aliphatic heterocycles. The molecule has 0 aliphatic rings. The number of carbonyl (C=O) groups is 1. The number of hydrogen-bond acceptors (Lipinski definition) is 4. The highest BCUT2D eigenvalue weighted by atomic mass is 19.4. The third-order valence-electron chi connectivity index (χ3n) is 5.15. The highest BCUT2D eigenvalue weighted by molar-refractivity contribution is 5.91. The van der Waals surface area contributed by atoms with Crippen molar-refractivity contribution in [3.8, 4) is 5.69 Å². The van der Waals surface area contributed by atoms with Gasteiger partial charge < -0.3 is 4.90 Å². The van der Waals surface area contributed by atoms with Gasteiger partial charge in [0.15, 0.2) is 0 Å². The molecule has 2 aromatic carbocycles. The summed E-state index contributed by atoms with van der Waals surface area (Å²) in [6.07, 6.45) is -4.58. The van der Waals surface area contributed by atoms with Gasteiger partial charge in [0.1, 0.15) is 0 Å². The minimum absolute atomic E-state index is 0.0901. The number of alkyl halides is 3. The second kappa shape index (κ2) is 9.43. The standard InChI is InChI=1S/C23H23F3N4O3/c1-4-28(5-2)20(31)19-21(32)29(14-16-9-7-10-17(13-16)23(24,25)26)22(33)30(27-19)18-11-6-8-15(3)12-18/h6-13H,4-5,14H2,1-3H3. The van der Waals surface area contributed by atoms with E-state index in [1.54, 1.807) is 45.0 Å². The summed E-state index contributed by atoms with van der Waals surface area (Å²) < 4.78 is 41.1. The van der Waals surface area contributed by atoms with Gasteiger partial charge in [0.05, 0.1) is 17.8 Å². The predicted molar refractivity (Wildman–Crippen MR) is 117 cm³/mol. The van der Waals surface area contributed by atoms with Crippen molar-refractivity contribution in [2.75, 3.05) is 13.1 Å². The van der Waals surface area contributed by atoms with Gasteiger partial charge in [-0.25, -0.2) is 4.79 Å². The molecule has 0 unspecified atom stereocenters. The zero-order valence-electron chi connectivity index (χ0n) is 18.4. The molecule has 1 amide bonds. The van der Waals surface area contributed by atoms with Gasteiger partial charge in [-0.15, -0.1) is 0 Å². The van der Waals surface area contributed by atoms with E-state index in [0.29, 0.717) is 18.8 Å². The van der Waals surface area contributed by atoms with Crippen LogP contribution in [0.25, 0.3) is 5.69 Å². The number of benzene rings is 2. The van der Waals surface area contributed by atoms with Crippen LogP contribution in [-0.4, -0.2) is 38.2 Å². The summed E-state index contributed by atoms with van der Waals surface area (Å²) in [6, 6.07) is 11.1. The molecule has 33 heavy (non-hydrogen) atoms. The first-order valence-electron chi connectivity index (χ1n) is 10.3. The van der Waals surface area contributed by atoms with Crippen LogP contribution in [0.5, 0.6) is 0 Å². The molecule has 0 N–H and O–H groups in total. The molecular weight excluding hydrogens is 437 g/mol. The second-order valence-corrected chi connectivity index (χ2v) is 7.45. The summed E-state index contributed by atoms with van der Waals surface area (Å²) in [5, 5.41) is 4.06. The van der Waals surface area contributed by atoms with E-state index in [9.17, 15) is 27.6 Å². The fraction of sp³-hybridized carbons (Fsp3) is 0.304. The van der Waals surface area contributed by atoms with Crippen molar-refractivity contribution in [2.24, 2.45) is 0 Å². The number of carbonyl (C=O) groups excluding carboxylic acids is 1. The summed E-state index contributed by atoms with van der Waals surface area (Å²) in [4.78, 5) is 40.7. The van der Waals surface area contributed by atoms with Crippen LogP contribution < -0.4 is 11.2 Å². The van der Waals surface area contributed by atoms with Gasteiger partial charge in [0.2, 0.25) is 5.69 Å². The van der Waals surface area contributed by atoms with Crippen LogP contribution in [0, 0.1) is 6.92 Å². The molecule has 0 saturated carbocycles. The van der Waals surface area contributed by atoms with Gasteiger partial charge in [0, 0.05) is 13.1 Å². The van der Waals surface area contributed by atoms with Crippen LogP contribution in [0.15, 0.2) is 58.1 Å². The van der Waals surface area contributed by atoms with Crippen LogP contribution in [0.3, 0.4) is 0 Å². The number of rotatable bonds is 6. The monoisotopic (exact) mass is 460 g/mol. The Balaban J connectivity index is 2.23. The van der Waals surface area contributed by atoms with Crippen molar-refractivity contribution in [1.29, 1.82) is 0 Å². The maximum atomic E-state index is 13.2. The molecule has 1 heterocycles. The third-order valence-corrected chi connectivity index (χ3v) is 5.15. The Bertz CT molecular complexity index is 1290. The molecule has 0 spiro atoms. The number of nitrogens with zero attached hydrogens (tertiary/aromatic N) is 4. The molecule has 3 aromatic rings. The van der Waals surface area contributed by atoms with Gasteiger partial charge in [-0.05, 0) is 56.2 Å². The minimum atomic E-state index is -4.58. The highest BCUT2D eigenvalue weighted by Gasteiger charge is 2.30. The zero-order chi connectivity index (χ0) is 24.3. The van der Waals surface area contributed by atoms with E-state index in [-0.39, 0.29) is 5.56 Å². The number of amides is 1. The van der Waals surface area contributed by atoms with E-state index >= 15 is 0 Å². The lowest BCUT2D eigenvalue weighted by Gasteiger charge is -2.19. The predicted octanol–water partition coefficient (Wildman–Crippen LogP) is 3.25. The van der Waals surface area contributed by atoms with Crippen LogP contribution >= 0.6 is 0 Å². The summed E-state index contributed by atoms with van der Waals surface area (Å²) in [7, 11) is 0. The fourth-order valence-corrected chi connectivity index (χ4v) is 3.41. The summed E-state index contributed by atoms with van der Waals surface area (Å²) >= 11 is 0. The Kier molecular flexibility index (Phi) is 6.85. The van der Waals surface area contributed by atoms with E-state index < -0.39 is 41.1 Å². The Morgan fingerprint density at radius 2 is 1.70 bits per heavy atom. The molecule has 0 bridgehead atoms. The average Bonchev–Trinajstić information content (AvgIpc) is 2.77. The number of aryl methyl sites for hydroxylation is 1. The average molecular weight is 460 g/mol. The Labute approximate surface area is 187 Å². The van der Waals surface area contributed by atoms with Crippen molar-refractivity contribution < 1.29 is 18.0 Å². The topological polar surface area (TPSA) is 77.2 Å². The normalized spacial score (nSPS) is 11.5. The smallest absolute Gasteiger partial charge is 0.338 e. The Morgan fingerprint density at radius 3 is 2.30 bits per heavy atom. The Morgan fingerprint density at radius 1 is 1.03 bits per heavy atom. The molecule has 0 atom stereocenters. The molecule has 0 aliphatic carbocycles. The maximum Gasteiger partial charge on any atom is 0.416 e. The van der Waals surface area contributed by atoms with Crippen molar-refractivity contribution in [2.45, 2.75) is 33.5 Å². The minimum Gasteiger partial charge on any atom is -0.338 e. The summed E-state index contributed by atoms with van der Waals surface area (Å²) in [5.41, 5.74) is -1.98.